The molecular formula is C15H12BrF2NO. The average Bonchev–Trinajstić information content (AvgIpc) is 2.89. The van der Waals surface area contributed by atoms with Crippen LogP contribution in [-0.4, -0.2) is 6.61 Å². The first-order valence-corrected chi connectivity index (χ1v) is 7.06. The van der Waals surface area contributed by atoms with Crippen LogP contribution in [0.3, 0.4) is 0 Å². The number of benzene rings is 2. The van der Waals surface area contributed by atoms with Crippen LogP contribution in [0.5, 0.6) is 5.75 Å². The normalized spacial score (nSPS) is 12.9. The third-order valence-electron chi connectivity index (χ3n) is 3.25. The van der Waals surface area contributed by atoms with Crippen LogP contribution in [0.4, 0.5) is 14.5 Å². The molecule has 1 N–H and O–H groups in total. The van der Waals surface area contributed by atoms with Crippen LogP contribution in [0.1, 0.15) is 11.1 Å². The highest BCUT2D eigenvalue weighted by atomic mass is 79.9. The molecule has 104 valence electrons. The van der Waals surface area contributed by atoms with E-state index < -0.39 is 11.6 Å². The summed E-state index contributed by atoms with van der Waals surface area (Å²) in [5, 5.41) is 2.91. The van der Waals surface area contributed by atoms with Gasteiger partial charge in [0.25, 0.3) is 0 Å². The molecule has 0 amide bonds. The molecule has 1 aliphatic rings. The number of halogens is 3. The van der Waals surface area contributed by atoms with Gasteiger partial charge in [-0.3, -0.25) is 0 Å². The smallest absolute Gasteiger partial charge is 0.147 e. The SMILES string of the molecule is Fc1cc(NCc2ccc3c(c2)CCO3)c(F)cc1Br. The maximum Gasteiger partial charge on any atom is 0.147 e. The van der Waals surface area contributed by atoms with Crippen molar-refractivity contribution in [3.8, 4) is 5.75 Å². The number of fused-ring (bicyclic) bond motifs is 1. The molecule has 2 aromatic carbocycles. The zero-order chi connectivity index (χ0) is 14.1. The Morgan fingerprint density at radius 2 is 2.00 bits per heavy atom. The van der Waals surface area contributed by atoms with E-state index in [0.29, 0.717) is 13.2 Å². The van der Waals surface area contributed by atoms with E-state index in [9.17, 15) is 8.78 Å². The standard InChI is InChI=1S/C15H12BrF2NO/c16-11-6-13(18)14(7-12(11)17)19-8-9-1-2-15-10(5-9)3-4-20-15/h1-2,5-7,19H,3-4,8H2. The van der Waals surface area contributed by atoms with Crippen molar-refractivity contribution in [2.24, 2.45) is 0 Å². The highest BCUT2D eigenvalue weighted by molar-refractivity contribution is 9.10. The lowest BCUT2D eigenvalue weighted by molar-refractivity contribution is 0.357. The molecule has 0 saturated carbocycles. The van der Waals surface area contributed by atoms with Gasteiger partial charge >= 0.3 is 0 Å². The number of hydrogen-bond acceptors (Lipinski definition) is 2. The summed E-state index contributed by atoms with van der Waals surface area (Å²) in [6, 6.07) is 8.13. The van der Waals surface area contributed by atoms with Gasteiger partial charge in [-0.25, -0.2) is 8.78 Å². The van der Waals surface area contributed by atoms with E-state index in [2.05, 4.69) is 21.2 Å². The van der Waals surface area contributed by atoms with Crippen molar-refractivity contribution in [1.29, 1.82) is 0 Å². The molecule has 0 fully saturated rings. The lowest BCUT2D eigenvalue weighted by atomic mass is 10.1. The van der Waals surface area contributed by atoms with E-state index >= 15 is 0 Å². The van der Waals surface area contributed by atoms with Gasteiger partial charge in [-0.1, -0.05) is 12.1 Å². The molecule has 0 saturated heterocycles. The van der Waals surface area contributed by atoms with Gasteiger partial charge in [0.1, 0.15) is 17.4 Å². The Labute approximate surface area is 123 Å². The summed E-state index contributed by atoms with van der Waals surface area (Å²) < 4.78 is 32.6. The molecule has 0 unspecified atom stereocenters. The first-order valence-electron chi connectivity index (χ1n) is 6.26. The largest absolute Gasteiger partial charge is 0.493 e. The fourth-order valence-electron chi connectivity index (χ4n) is 2.21. The second kappa shape index (κ2) is 5.40. The minimum Gasteiger partial charge on any atom is -0.493 e. The average molecular weight is 340 g/mol. The molecule has 0 atom stereocenters. The summed E-state index contributed by atoms with van der Waals surface area (Å²) in [6.45, 7) is 1.14. The van der Waals surface area contributed by atoms with Gasteiger partial charge < -0.3 is 10.1 Å². The molecule has 2 aromatic rings. The van der Waals surface area contributed by atoms with Crippen molar-refractivity contribution >= 4 is 21.6 Å². The van der Waals surface area contributed by atoms with Crippen molar-refractivity contribution in [3.63, 3.8) is 0 Å². The molecule has 20 heavy (non-hydrogen) atoms. The van der Waals surface area contributed by atoms with Crippen molar-refractivity contribution in [1.82, 2.24) is 0 Å². The molecular weight excluding hydrogens is 328 g/mol. The van der Waals surface area contributed by atoms with Crippen LogP contribution in [0, 0.1) is 11.6 Å². The predicted molar refractivity (Wildman–Crippen MR) is 77.0 cm³/mol. The summed E-state index contributed by atoms with van der Waals surface area (Å²) in [4.78, 5) is 0. The minimum atomic E-state index is -0.490. The van der Waals surface area contributed by atoms with Crippen LogP contribution < -0.4 is 10.1 Å². The lowest BCUT2D eigenvalue weighted by Gasteiger charge is -2.09. The Balaban J connectivity index is 1.75. The van der Waals surface area contributed by atoms with Crippen molar-refractivity contribution in [3.05, 3.63) is 57.6 Å². The third kappa shape index (κ3) is 2.63. The van der Waals surface area contributed by atoms with E-state index in [4.69, 9.17) is 4.74 Å². The second-order valence-corrected chi connectivity index (χ2v) is 5.49. The third-order valence-corrected chi connectivity index (χ3v) is 3.85. The van der Waals surface area contributed by atoms with Gasteiger partial charge in [0, 0.05) is 19.0 Å². The van der Waals surface area contributed by atoms with Gasteiger partial charge in [-0.05, 0) is 39.2 Å². The summed E-state index contributed by atoms with van der Waals surface area (Å²) >= 11 is 2.95. The highest BCUT2D eigenvalue weighted by Crippen LogP contribution is 2.27. The summed E-state index contributed by atoms with van der Waals surface area (Å²) in [5.41, 5.74) is 2.33. The lowest BCUT2D eigenvalue weighted by Crippen LogP contribution is -2.02. The van der Waals surface area contributed by atoms with Crippen molar-refractivity contribution < 1.29 is 13.5 Å². The van der Waals surface area contributed by atoms with Crippen LogP contribution >= 0.6 is 15.9 Å². The monoisotopic (exact) mass is 339 g/mol. The minimum absolute atomic E-state index is 0.121. The number of anilines is 1. The fraction of sp³-hybridized carbons (Fsp3) is 0.200. The highest BCUT2D eigenvalue weighted by Gasteiger charge is 2.12. The Hall–Kier alpha value is -1.62. The molecule has 1 heterocycles. The van der Waals surface area contributed by atoms with Crippen LogP contribution in [0.15, 0.2) is 34.8 Å². The Kier molecular flexibility index (Phi) is 3.61. The van der Waals surface area contributed by atoms with Gasteiger partial charge in [0.05, 0.1) is 16.8 Å². The summed E-state index contributed by atoms with van der Waals surface area (Å²) in [5.74, 6) is -0.0614. The van der Waals surface area contributed by atoms with Crippen LogP contribution in [0.25, 0.3) is 0 Å². The van der Waals surface area contributed by atoms with Gasteiger partial charge in [-0.2, -0.15) is 0 Å². The topological polar surface area (TPSA) is 21.3 Å². The fourth-order valence-corrected chi connectivity index (χ4v) is 2.52. The van der Waals surface area contributed by atoms with E-state index in [1.807, 2.05) is 18.2 Å². The Bertz CT molecular complexity index is 661. The van der Waals surface area contributed by atoms with Gasteiger partial charge in [-0.15, -0.1) is 0 Å². The maximum absolute atomic E-state index is 13.7. The molecule has 0 aliphatic carbocycles. The van der Waals surface area contributed by atoms with E-state index in [1.165, 1.54) is 0 Å². The van der Waals surface area contributed by atoms with E-state index in [1.54, 1.807) is 0 Å². The molecule has 1 aliphatic heterocycles. The molecule has 2 nitrogen and oxygen atoms in total. The molecule has 0 radical (unpaired) electrons. The maximum atomic E-state index is 13.7. The molecule has 3 rings (SSSR count). The van der Waals surface area contributed by atoms with Crippen molar-refractivity contribution in [2.45, 2.75) is 13.0 Å². The zero-order valence-electron chi connectivity index (χ0n) is 10.6. The number of rotatable bonds is 3. The summed E-state index contributed by atoms with van der Waals surface area (Å²) in [7, 11) is 0. The Morgan fingerprint density at radius 3 is 2.85 bits per heavy atom. The number of nitrogens with one attached hydrogen (secondary N) is 1. The molecule has 5 heteroatoms. The molecule has 0 aromatic heterocycles. The zero-order valence-corrected chi connectivity index (χ0v) is 12.1. The molecule has 0 bridgehead atoms. The second-order valence-electron chi connectivity index (χ2n) is 4.64. The van der Waals surface area contributed by atoms with Crippen LogP contribution in [-0.2, 0) is 13.0 Å². The quantitative estimate of drug-likeness (QED) is 0.843. The first kappa shape index (κ1) is 13.4. The predicted octanol–water partition coefficient (Wildman–Crippen LogP) is 4.27. The number of ether oxygens (including phenoxy) is 1. The number of hydrogen-bond donors (Lipinski definition) is 1. The first-order chi connectivity index (χ1) is 9.63. The molecule has 0 spiro atoms. The summed E-state index contributed by atoms with van der Waals surface area (Å²) in [6.07, 6.45) is 0.893. The van der Waals surface area contributed by atoms with Gasteiger partial charge in [0.15, 0.2) is 0 Å². The van der Waals surface area contributed by atoms with E-state index in [-0.39, 0.29) is 10.2 Å². The van der Waals surface area contributed by atoms with E-state index in [0.717, 1.165) is 35.4 Å². The van der Waals surface area contributed by atoms with Gasteiger partial charge in [0.2, 0.25) is 0 Å². The van der Waals surface area contributed by atoms with Crippen molar-refractivity contribution in [2.75, 3.05) is 11.9 Å². The Morgan fingerprint density at radius 1 is 1.15 bits per heavy atom. The van der Waals surface area contributed by atoms with Crippen LogP contribution in [0.2, 0.25) is 0 Å².